The predicted molar refractivity (Wildman–Crippen MR) is 146 cm³/mol. The molecule has 1 N–H and O–H groups in total. The number of fused-ring (bicyclic) bond motifs is 1. The van der Waals surface area contributed by atoms with E-state index in [1.807, 2.05) is 87.5 Å². The molecule has 0 spiro atoms. The number of rotatable bonds is 10. The van der Waals surface area contributed by atoms with Gasteiger partial charge < -0.3 is 10.2 Å². The van der Waals surface area contributed by atoms with Crippen LogP contribution in [0.2, 0.25) is 0 Å². The maximum Gasteiger partial charge on any atom is 0.243 e. The Balaban J connectivity index is 1.59. The zero-order valence-corrected chi connectivity index (χ0v) is 22.4. The molecule has 4 rings (SSSR count). The van der Waals surface area contributed by atoms with Crippen LogP contribution in [-0.4, -0.2) is 52.1 Å². The lowest BCUT2D eigenvalue weighted by molar-refractivity contribution is -0.144. The number of aryl methyl sites for hydroxylation is 1. The van der Waals surface area contributed by atoms with Gasteiger partial charge in [-0.1, -0.05) is 72.3 Å². The van der Waals surface area contributed by atoms with Crippen LogP contribution in [-0.2, 0) is 32.1 Å². The maximum absolute atomic E-state index is 13.8. The number of likely N-dealkylation sites (tertiary alicyclic amines) is 1. The van der Waals surface area contributed by atoms with Crippen LogP contribution >= 0.6 is 0 Å². The SMILES string of the molecule is Cc1cccc(CN(C(=O)CCN2C(=O)[C@H]3CC=CC[C@H]3C2=O)C(Cc2ccccc2)C(=O)NC(C)C)c1. The second kappa shape index (κ2) is 12.2. The van der Waals surface area contributed by atoms with Gasteiger partial charge in [-0.2, -0.15) is 0 Å². The van der Waals surface area contributed by atoms with E-state index in [9.17, 15) is 19.2 Å². The van der Waals surface area contributed by atoms with Gasteiger partial charge >= 0.3 is 0 Å². The molecule has 1 fully saturated rings. The quantitative estimate of drug-likeness (QED) is 0.385. The van der Waals surface area contributed by atoms with Crippen LogP contribution in [0.15, 0.2) is 66.7 Å². The van der Waals surface area contributed by atoms with Crippen molar-refractivity contribution in [3.63, 3.8) is 0 Å². The Morgan fingerprint density at radius 1 is 0.947 bits per heavy atom. The molecule has 0 radical (unpaired) electrons. The minimum atomic E-state index is -0.746. The molecule has 2 aliphatic rings. The van der Waals surface area contributed by atoms with E-state index in [1.54, 1.807) is 4.90 Å². The van der Waals surface area contributed by atoms with Crippen molar-refractivity contribution in [3.05, 3.63) is 83.4 Å². The Hall–Kier alpha value is -3.74. The van der Waals surface area contributed by atoms with Crippen LogP contribution < -0.4 is 5.32 Å². The van der Waals surface area contributed by atoms with Crippen molar-refractivity contribution in [2.75, 3.05) is 6.54 Å². The summed E-state index contributed by atoms with van der Waals surface area (Å²) >= 11 is 0. The number of amides is 4. The molecular formula is C31H37N3O4. The summed E-state index contributed by atoms with van der Waals surface area (Å²) in [5.74, 6) is -1.53. The molecule has 1 saturated heterocycles. The zero-order chi connectivity index (χ0) is 27.2. The molecule has 1 aliphatic heterocycles. The van der Waals surface area contributed by atoms with Crippen molar-refractivity contribution in [1.82, 2.24) is 15.1 Å². The lowest BCUT2D eigenvalue weighted by Crippen LogP contribution is -2.52. The first-order valence-corrected chi connectivity index (χ1v) is 13.4. The lowest BCUT2D eigenvalue weighted by atomic mass is 9.85. The molecule has 38 heavy (non-hydrogen) atoms. The first-order chi connectivity index (χ1) is 18.2. The van der Waals surface area contributed by atoms with E-state index >= 15 is 0 Å². The average Bonchev–Trinajstić information content (AvgIpc) is 3.14. The van der Waals surface area contributed by atoms with Crippen molar-refractivity contribution in [3.8, 4) is 0 Å². The minimum Gasteiger partial charge on any atom is -0.352 e. The first kappa shape index (κ1) is 27.3. The normalized spacial score (nSPS) is 19.4. The van der Waals surface area contributed by atoms with Crippen molar-refractivity contribution in [2.45, 2.75) is 65.1 Å². The zero-order valence-electron chi connectivity index (χ0n) is 22.4. The highest BCUT2D eigenvalue weighted by molar-refractivity contribution is 6.05. The van der Waals surface area contributed by atoms with Crippen LogP contribution in [0.3, 0.4) is 0 Å². The Morgan fingerprint density at radius 3 is 2.18 bits per heavy atom. The lowest BCUT2D eigenvalue weighted by Gasteiger charge is -2.32. The fraction of sp³-hybridized carbons (Fsp3) is 0.419. The largest absolute Gasteiger partial charge is 0.352 e. The molecule has 1 heterocycles. The van der Waals surface area contributed by atoms with Gasteiger partial charge in [0.15, 0.2) is 0 Å². The Morgan fingerprint density at radius 2 is 1.58 bits per heavy atom. The highest BCUT2D eigenvalue weighted by Gasteiger charge is 2.47. The molecule has 2 aromatic rings. The van der Waals surface area contributed by atoms with E-state index in [0.29, 0.717) is 19.3 Å². The summed E-state index contributed by atoms with van der Waals surface area (Å²) in [6.45, 7) is 6.05. The fourth-order valence-electron chi connectivity index (χ4n) is 5.38. The molecule has 0 bridgehead atoms. The molecule has 1 aliphatic carbocycles. The van der Waals surface area contributed by atoms with Gasteiger partial charge in [0, 0.05) is 32.0 Å². The molecule has 2 aromatic carbocycles. The fourth-order valence-corrected chi connectivity index (χ4v) is 5.38. The van der Waals surface area contributed by atoms with E-state index < -0.39 is 6.04 Å². The Bertz CT molecular complexity index is 1180. The second-order valence-electron chi connectivity index (χ2n) is 10.6. The standard InChI is InChI=1S/C31H37N3O4/c1-21(2)32-29(36)27(19-23-11-5-4-6-12-23)34(20-24-13-9-10-22(3)18-24)28(35)16-17-33-30(37)25-14-7-8-15-26(25)31(33)38/h4-13,18,21,25-27H,14-17,19-20H2,1-3H3,(H,32,36)/t25-,26+,27?. The van der Waals surface area contributed by atoms with Gasteiger partial charge in [-0.15, -0.1) is 0 Å². The Kier molecular flexibility index (Phi) is 8.77. The van der Waals surface area contributed by atoms with Crippen molar-refractivity contribution >= 4 is 23.6 Å². The summed E-state index contributed by atoms with van der Waals surface area (Å²) in [5.41, 5.74) is 2.92. The van der Waals surface area contributed by atoms with Crippen molar-refractivity contribution < 1.29 is 19.2 Å². The summed E-state index contributed by atoms with van der Waals surface area (Å²) in [4.78, 5) is 56.1. The van der Waals surface area contributed by atoms with Gasteiger partial charge in [0.2, 0.25) is 23.6 Å². The molecule has 7 nitrogen and oxygen atoms in total. The molecule has 0 saturated carbocycles. The monoisotopic (exact) mass is 515 g/mol. The van der Waals surface area contributed by atoms with E-state index in [2.05, 4.69) is 5.32 Å². The average molecular weight is 516 g/mol. The molecule has 1 unspecified atom stereocenters. The van der Waals surface area contributed by atoms with Crippen molar-refractivity contribution in [2.24, 2.45) is 11.8 Å². The third kappa shape index (κ3) is 6.39. The summed E-state index contributed by atoms with van der Waals surface area (Å²) in [6.07, 6.45) is 5.35. The number of hydrogen-bond donors (Lipinski definition) is 1. The summed E-state index contributed by atoms with van der Waals surface area (Å²) < 4.78 is 0. The number of carbonyl (C=O) groups excluding carboxylic acids is 4. The summed E-state index contributed by atoms with van der Waals surface area (Å²) in [6, 6.07) is 16.7. The van der Waals surface area contributed by atoms with E-state index in [-0.39, 0.29) is 61.0 Å². The van der Waals surface area contributed by atoms with Crippen LogP contribution in [0, 0.1) is 18.8 Å². The van der Waals surface area contributed by atoms with Crippen LogP contribution in [0.5, 0.6) is 0 Å². The maximum atomic E-state index is 13.8. The number of benzene rings is 2. The third-order valence-corrected chi connectivity index (χ3v) is 7.29. The Labute approximate surface area is 224 Å². The van der Waals surface area contributed by atoms with Gasteiger partial charge in [-0.3, -0.25) is 24.1 Å². The highest BCUT2D eigenvalue weighted by atomic mass is 16.2. The van der Waals surface area contributed by atoms with E-state index in [1.165, 1.54) is 4.90 Å². The van der Waals surface area contributed by atoms with E-state index in [0.717, 1.165) is 16.7 Å². The second-order valence-corrected chi connectivity index (χ2v) is 10.6. The predicted octanol–water partition coefficient (Wildman–Crippen LogP) is 3.80. The minimum absolute atomic E-state index is 0.0255. The molecule has 200 valence electrons. The molecule has 0 aromatic heterocycles. The number of hydrogen-bond acceptors (Lipinski definition) is 4. The van der Waals surface area contributed by atoms with Gasteiger partial charge in [-0.05, 0) is 44.7 Å². The smallest absolute Gasteiger partial charge is 0.243 e. The number of imide groups is 1. The number of nitrogens with one attached hydrogen (secondary N) is 1. The summed E-state index contributed by atoms with van der Waals surface area (Å²) in [7, 11) is 0. The van der Waals surface area contributed by atoms with E-state index in [4.69, 9.17) is 0 Å². The summed E-state index contributed by atoms with van der Waals surface area (Å²) in [5, 5.41) is 2.98. The third-order valence-electron chi connectivity index (χ3n) is 7.29. The molecule has 3 atom stereocenters. The van der Waals surface area contributed by atoms with Crippen LogP contribution in [0.1, 0.15) is 49.8 Å². The number of nitrogens with zero attached hydrogens (tertiary/aromatic N) is 2. The number of carbonyl (C=O) groups is 4. The first-order valence-electron chi connectivity index (χ1n) is 13.4. The molecule has 4 amide bonds. The van der Waals surface area contributed by atoms with Gasteiger partial charge in [-0.25, -0.2) is 0 Å². The molecular weight excluding hydrogens is 478 g/mol. The van der Waals surface area contributed by atoms with Gasteiger partial charge in [0.25, 0.3) is 0 Å². The van der Waals surface area contributed by atoms with Crippen molar-refractivity contribution in [1.29, 1.82) is 0 Å². The molecule has 7 heteroatoms. The number of allylic oxidation sites excluding steroid dienone is 2. The van der Waals surface area contributed by atoms with Gasteiger partial charge in [0.1, 0.15) is 6.04 Å². The highest BCUT2D eigenvalue weighted by Crippen LogP contribution is 2.35. The van der Waals surface area contributed by atoms with Crippen LogP contribution in [0.25, 0.3) is 0 Å². The van der Waals surface area contributed by atoms with Crippen LogP contribution in [0.4, 0.5) is 0 Å². The van der Waals surface area contributed by atoms with Gasteiger partial charge in [0.05, 0.1) is 11.8 Å². The topological polar surface area (TPSA) is 86.8 Å².